The monoisotopic (exact) mass is 383 g/mol. The fourth-order valence-electron chi connectivity index (χ4n) is 2.50. The average molecular weight is 384 g/mol. The van der Waals surface area contributed by atoms with E-state index in [1.165, 1.54) is 11.2 Å². The summed E-state index contributed by atoms with van der Waals surface area (Å²) in [7, 11) is 0. The molecule has 0 aliphatic carbocycles. The zero-order valence-corrected chi connectivity index (χ0v) is 16.3. The molecule has 0 aliphatic rings. The molecule has 1 aromatic carbocycles. The molecule has 0 amide bonds. The molecule has 0 fully saturated rings. The number of thiophene rings is 1. The van der Waals surface area contributed by atoms with Crippen LogP contribution in [-0.2, 0) is 6.42 Å². The lowest BCUT2D eigenvalue weighted by Crippen LogP contribution is -2.10. The summed E-state index contributed by atoms with van der Waals surface area (Å²) in [6.07, 6.45) is 4.62. The fourth-order valence-corrected chi connectivity index (χ4v) is 3.21. The summed E-state index contributed by atoms with van der Waals surface area (Å²) in [5, 5.41) is 8.61. The van der Waals surface area contributed by atoms with Crippen LogP contribution in [0, 0.1) is 0 Å². The second-order valence-corrected chi connectivity index (χ2v) is 7.12. The van der Waals surface area contributed by atoms with Gasteiger partial charge < -0.3 is 21.1 Å². The lowest BCUT2D eigenvalue weighted by Gasteiger charge is -2.13. The molecule has 0 saturated heterocycles. The second kappa shape index (κ2) is 9.78. The Morgan fingerprint density at radius 1 is 1.11 bits per heavy atom. The van der Waals surface area contributed by atoms with Crippen LogP contribution in [0.15, 0.2) is 48.1 Å². The Balaban J connectivity index is 1.58. The highest BCUT2D eigenvalue weighted by Crippen LogP contribution is 2.26. The molecular formula is C20H25N5OS. The molecule has 0 aliphatic heterocycles. The van der Waals surface area contributed by atoms with Crippen LogP contribution in [0.4, 0.5) is 23.0 Å². The minimum Gasteiger partial charge on any atom is -0.494 e. The van der Waals surface area contributed by atoms with Gasteiger partial charge in [-0.3, -0.25) is 0 Å². The van der Waals surface area contributed by atoms with Gasteiger partial charge in [-0.15, -0.1) is 11.3 Å². The van der Waals surface area contributed by atoms with E-state index in [0.29, 0.717) is 17.3 Å². The van der Waals surface area contributed by atoms with Gasteiger partial charge in [0, 0.05) is 17.1 Å². The predicted molar refractivity (Wildman–Crippen MR) is 113 cm³/mol. The van der Waals surface area contributed by atoms with Crippen LogP contribution in [0.1, 0.15) is 24.6 Å². The SMILES string of the molecule is CCCCOc1ccc(Nc2ncnc(NCCc3cccs3)c2N)cc1. The number of aromatic nitrogens is 2. The summed E-state index contributed by atoms with van der Waals surface area (Å²) in [5.41, 5.74) is 7.63. The molecule has 3 rings (SSSR count). The van der Waals surface area contributed by atoms with Crippen molar-refractivity contribution in [2.24, 2.45) is 0 Å². The number of nitrogen functional groups attached to an aromatic ring is 1. The van der Waals surface area contributed by atoms with Gasteiger partial charge in [0.05, 0.1) is 6.61 Å². The normalized spacial score (nSPS) is 10.6. The van der Waals surface area contributed by atoms with E-state index in [9.17, 15) is 0 Å². The topological polar surface area (TPSA) is 85.1 Å². The van der Waals surface area contributed by atoms with Crippen molar-refractivity contribution in [1.82, 2.24) is 9.97 Å². The molecule has 142 valence electrons. The molecule has 0 unspecified atom stereocenters. The van der Waals surface area contributed by atoms with Gasteiger partial charge in [-0.2, -0.15) is 0 Å². The predicted octanol–water partition coefficient (Wildman–Crippen LogP) is 4.70. The van der Waals surface area contributed by atoms with Crippen LogP contribution < -0.4 is 21.1 Å². The molecule has 27 heavy (non-hydrogen) atoms. The Morgan fingerprint density at radius 3 is 2.67 bits per heavy atom. The van der Waals surface area contributed by atoms with E-state index < -0.39 is 0 Å². The largest absolute Gasteiger partial charge is 0.494 e. The number of hydrogen-bond acceptors (Lipinski definition) is 7. The van der Waals surface area contributed by atoms with Crippen LogP contribution in [0.2, 0.25) is 0 Å². The van der Waals surface area contributed by atoms with Crippen molar-refractivity contribution in [3.05, 3.63) is 53.0 Å². The average Bonchev–Trinajstić information content (AvgIpc) is 3.20. The van der Waals surface area contributed by atoms with Gasteiger partial charge in [0.15, 0.2) is 11.6 Å². The summed E-state index contributed by atoms with van der Waals surface area (Å²) in [6.45, 7) is 3.65. The number of anilines is 4. The first kappa shape index (κ1) is 19.0. The summed E-state index contributed by atoms with van der Waals surface area (Å²) >= 11 is 1.75. The number of rotatable bonds is 10. The molecule has 0 atom stereocenters. The third-order valence-corrected chi connectivity index (χ3v) is 4.95. The van der Waals surface area contributed by atoms with E-state index in [1.807, 2.05) is 24.3 Å². The smallest absolute Gasteiger partial charge is 0.159 e. The third-order valence-electron chi connectivity index (χ3n) is 4.01. The number of ether oxygens (including phenoxy) is 1. The van der Waals surface area contributed by atoms with E-state index >= 15 is 0 Å². The van der Waals surface area contributed by atoms with Crippen LogP contribution in [-0.4, -0.2) is 23.1 Å². The third kappa shape index (κ3) is 5.59. The van der Waals surface area contributed by atoms with Crippen LogP contribution in [0.3, 0.4) is 0 Å². The van der Waals surface area contributed by atoms with Gasteiger partial charge in [-0.1, -0.05) is 19.4 Å². The second-order valence-electron chi connectivity index (χ2n) is 6.09. The first-order valence-electron chi connectivity index (χ1n) is 9.13. The molecule has 2 heterocycles. The Kier molecular flexibility index (Phi) is 6.87. The minimum absolute atomic E-state index is 0.506. The van der Waals surface area contributed by atoms with Crippen molar-refractivity contribution in [1.29, 1.82) is 0 Å². The molecule has 0 radical (unpaired) electrons. The number of nitrogens with zero attached hydrogens (tertiary/aromatic N) is 2. The van der Waals surface area contributed by atoms with Crippen molar-refractivity contribution in [3.63, 3.8) is 0 Å². The van der Waals surface area contributed by atoms with Crippen LogP contribution >= 0.6 is 11.3 Å². The molecule has 6 nitrogen and oxygen atoms in total. The standard InChI is InChI=1S/C20H25N5OS/c1-2-3-12-26-16-8-6-15(7-9-16)25-20-18(21)19(23-14-24-20)22-11-10-17-5-4-13-27-17/h4-9,13-14H,2-3,10-12,21H2,1H3,(H2,22,23,24,25). The molecule has 0 saturated carbocycles. The number of hydrogen-bond donors (Lipinski definition) is 3. The van der Waals surface area contributed by atoms with Crippen molar-refractivity contribution < 1.29 is 4.74 Å². The maximum absolute atomic E-state index is 6.23. The van der Waals surface area contributed by atoms with Gasteiger partial charge in [0.2, 0.25) is 0 Å². The van der Waals surface area contributed by atoms with Gasteiger partial charge >= 0.3 is 0 Å². The zero-order chi connectivity index (χ0) is 18.9. The van der Waals surface area contributed by atoms with Crippen molar-refractivity contribution in [2.75, 3.05) is 29.5 Å². The van der Waals surface area contributed by atoms with E-state index in [4.69, 9.17) is 10.5 Å². The van der Waals surface area contributed by atoms with E-state index in [-0.39, 0.29) is 0 Å². The van der Waals surface area contributed by atoms with Crippen molar-refractivity contribution in [3.8, 4) is 5.75 Å². The van der Waals surface area contributed by atoms with Gasteiger partial charge in [0.1, 0.15) is 17.8 Å². The van der Waals surface area contributed by atoms with Crippen LogP contribution in [0.5, 0.6) is 5.75 Å². The number of nitrogens with two attached hydrogens (primary N) is 1. The Bertz CT molecular complexity index is 821. The Labute approximate surface area is 163 Å². The van der Waals surface area contributed by atoms with E-state index in [1.54, 1.807) is 11.3 Å². The number of unbranched alkanes of at least 4 members (excludes halogenated alkanes) is 1. The summed E-state index contributed by atoms with van der Waals surface area (Å²) in [6, 6.07) is 12.0. The first-order valence-corrected chi connectivity index (χ1v) is 10.0. The summed E-state index contributed by atoms with van der Waals surface area (Å²) in [5.74, 6) is 2.09. The molecular weight excluding hydrogens is 358 g/mol. The lowest BCUT2D eigenvalue weighted by atomic mass is 10.3. The van der Waals surface area contributed by atoms with Gasteiger partial charge in [-0.05, 0) is 48.6 Å². The molecule has 3 aromatic rings. The minimum atomic E-state index is 0.506. The summed E-state index contributed by atoms with van der Waals surface area (Å²) in [4.78, 5) is 9.84. The molecule has 7 heteroatoms. The highest BCUT2D eigenvalue weighted by molar-refractivity contribution is 7.09. The quantitative estimate of drug-likeness (QED) is 0.440. The summed E-state index contributed by atoms with van der Waals surface area (Å²) < 4.78 is 5.68. The van der Waals surface area contributed by atoms with Crippen molar-refractivity contribution in [2.45, 2.75) is 26.2 Å². The lowest BCUT2D eigenvalue weighted by molar-refractivity contribution is 0.309. The van der Waals surface area contributed by atoms with Gasteiger partial charge in [0.25, 0.3) is 0 Å². The van der Waals surface area contributed by atoms with Crippen molar-refractivity contribution >= 4 is 34.3 Å². The molecule has 4 N–H and O–H groups in total. The number of nitrogens with one attached hydrogen (secondary N) is 2. The first-order chi connectivity index (χ1) is 13.3. The maximum Gasteiger partial charge on any atom is 0.159 e. The van der Waals surface area contributed by atoms with E-state index in [0.717, 1.165) is 43.9 Å². The van der Waals surface area contributed by atoms with E-state index in [2.05, 4.69) is 45.0 Å². The Hall–Kier alpha value is -2.80. The zero-order valence-electron chi connectivity index (χ0n) is 15.4. The highest BCUT2D eigenvalue weighted by Gasteiger charge is 2.08. The molecule has 0 bridgehead atoms. The van der Waals surface area contributed by atoms with Crippen LogP contribution in [0.25, 0.3) is 0 Å². The Morgan fingerprint density at radius 2 is 1.93 bits per heavy atom. The number of benzene rings is 1. The fraction of sp³-hybridized carbons (Fsp3) is 0.300. The highest BCUT2D eigenvalue weighted by atomic mass is 32.1. The maximum atomic E-state index is 6.23. The molecule has 0 spiro atoms. The van der Waals surface area contributed by atoms with Gasteiger partial charge in [-0.25, -0.2) is 9.97 Å². The molecule has 2 aromatic heterocycles.